The van der Waals surface area contributed by atoms with E-state index in [1.807, 2.05) is 0 Å². The van der Waals surface area contributed by atoms with Gasteiger partial charge in [-0.1, -0.05) is 18.2 Å². The monoisotopic (exact) mass is 507 g/mol. The SMILES string of the molecule is CC(=O)NC1(c2cc3c(NCc4cccc(C(F)F)c4F)ncnc3n(C)c2=O)CCS(=O)CC1. The highest BCUT2D eigenvalue weighted by Gasteiger charge is 2.39. The number of anilines is 1. The Morgan fingerprint density at radius 1 is 1.26 bits per heavy atom. The molecule has 186 valence electrons. The summed E-state index contributed by atoms with van der Waals surface area (Å²) in [6.45, 7) is 1.23. The second kappa shape index (κ2) is 9.76. The van der Waals surface area contributed by atoms with E-state index in [9.17, 15) is 27.0 Å². The first-order chi connectivity index (χ1) is 16.6. The molecule has 35 heavy (non-hydrogen) atoms. The van der Waals surface area contributed by atoms with Crippen LogP contribution >= 0.6 is 0 Å². The number of aromatic nitrogens is 3. The number of nitrogens with zero attached hydrogens (tertiary/aromatic N) is 3. The van der Waals surface area contributed by atoms with E-state index < -0.39 is 34.1 Å². The smallest absolute Gasteiger partial charge is 0.266 e. The number of amides is 1. The summed E-state index contributed by atoms with van der Waals surface area (Å²) in [5.74, 6) is -0.390. The normalized spacial score (nSPS) is 20.2. The van der Waals surface area contributed by atoms with Gasteiger partial charge in [0.15, 0.2) is 0 Å². The minimum atomic E-state index is -2.94. The number of aryl methyl sites for hydroxylation is 1. The van der Waals surface area contributed by atoms with Crippen molar-refractivity contribution < 1.29 is 22.2 Å². The van der Waals surface area contributed by atoms with Gasteiger partial charge in [-0.15, -0.1) is 0 Å². The Hall–Kier alpha value is -3.28. The minimum Gasteiger partial charge on any atom is -0.365 e. The van der Waals surface area contributed by atoms with E-state index in [1.54, 1.807) is 13.1 Å². The lowest BCUT2D eigenvalue weighted by atomic mass is 9.84. The van der Waals surface area contributed by atoms with Gasteiger partial charge in [-0.05, 0) is 18.9 Å². The first-order valence-electron chi connectivity index (χ1n) is 10.9. The van der Waals surface area contributed by atoms with E-state index in [-0.39, 0.29) is 29.4 Å². The number of pyridine rings is 1. The zero-order chi connectivity index (χ0) is 25.3. The van der Waals surface area contributed by atoms with Gasteiger partial charge in [-0.25, -0.2) is 23.1 Å². The number of carbonyl (C=O) groups is 1. The maximum atomic E-state index is 14.5. The molecule has 1 aliphatic heterocycles. The molecule has 0 atom stereocenters. The third-order valence-corrected chi connectivity index (χ3v) is 7.56. The van der Waals surface area contributed by atoms with Crippen LogP contribution in [0.1, 0.15) is 42.9 Å². The van der Waals surface area contributed by atoms with Crippen molar-refractivity contribution in [3.05, 3.63) is 63.5 Å². The molecular formula is C23H24F3N5O3S. The van der Waals surface area contributed by atoms with Crippen molar-refractivity contribution >= 4 is 33.6 Å². The molecule has 0 saturated carbocycles. The van der Waals surface area contributed by atoms with Crippen LogP contribution < -0.4 is 16.2 Å². The van der Waals surface area contributed by atoms with Gasteiger partial charge in [0.1, 0.15) is 23.6 Å². The number of halogens is 3. The Labute approximate surface area is 201 Å². The second-order valence-electron chi connectivity index (χ2n) is 8.47. The van der Waals surface area contributed by atoms with Gasteiger partial charge in [0.2, 0.25) is 5.91 Å². The minimum absolute atomic E-state index is 0.0316. The average Bonchev–Trinajstić information content (AvgIpc) is 2.82. The van der Waals surface area contributed by atoms with Crippen molar-refractivity contribution in [3.63, 3.8) is 0 Å². The molecule has 2 aromatic heterocycles. The largest absolute Gasteiger partial charge is 0.365 e. The first kappa shape index (κ1) is 24.8. The lowest BCUT2D eigenvalue weighted by Gasteiger charge is -2.37. The first-order valence-corrected chi connectivity index (χ1v) is 12.4. The van der Waals surface area contributed by atoms with Crippen LogP contribution in [0.15, 0.2) is 35.4 Å². The lowest BCUT2D eigenvalue weighted by molar-refractivity contribution is -0.121. The third kappa shape index (κ3) is 4.79. The van der Waals surface area contributed by atoms with Crippen LogP contribution in [0.4, 0.5) is 19.0 Å². The number of fused-ring (bicyclic) bond motifs is 1. The molecule has 3 aromatic rings. The highest BCUT2D eigenvalue weighted by atomic mass is 32.2. The van der Waals surface area contributed by atoms with Gasteiger partial charge in [0.05, 0.1) is 16.5 Å². The summed E-state index contributed by atoms with van der Waals surface area (Å²) in [6.07, 6.45) is -1.06. The van der Waals surface area contributed by atoms with Gasteiger partial charge >= 0.3 is 0 Å². The Bertz CT molecular complexity index is 1370. The fourth-order valence-electron chi connectivity index (χ4n) is 4.44. The molecule has 0 bridgehead atoms. The van der Waals surface area contributed by atoms with E-state index in [2.05, 4.69) is 20.6 Å². The fourth-order valence-corrected chi connectivity index (χ4v) is 5.79. The number of carbonyl (C=O) groups excluding carboxylic acids is 1. The summed E-state index contributed by atoms with van der Waals surface area (Å²) in [5, 5.41) is 6.30. The van der Waals surface area contributed by atoms with Crippen LogP contribution in [-0.4, -0.2) is 36.2 Å². The molecule has 4 rings (SSSR count). The second-order valence-corrected chi connectivity index (χ2v) is 10.2. The molecule has 1 aromatic carbocycles. The van der Waals surface area contributed by atoms with Crippen molar-refractivity contribution in [1.29, 1.82) is 0 Å². The molecule has 1 amide bonds. The summed E-state index contributed by atoms with van der Waals surface area (Å²) in [4.78, 5) is 33.8. The number of nitrogens with one attached hydrogen (secondary N) is 2. The molecule has 0 aliphatic carbocycles. The standard InChI is InChI=1S/C23H24F3N5O3S/c1-13(32)30-23(6-8-35(34)9-7-23)17-10-16-20(28-12-29-21(16)31(2)22(17)33)27-11-14-4-3-5-15(18(14)24)19(25)26/h3-5,10,12,19H,6-9,11H2,1-2H3,(H,30,32)(H,27,28,29). The topological polar surface area (TPSA) is 106 Å². The summed E-state index contributed by atoms with van der Waals surface area (Å²) in [6, 6.07) is 5.37. The van der Waals surface area contributed by atoms with Crippen LogP contribution in [0.3, 0.4) is 0 Å². The fraction of sp³-hybridized carbons (Fsp3) is 0.391. The van der Waals surface area contributed by atoms with Crippen molar-refractivity contribution in [2.24, 2.45) is 7.05 Å². The van der Waals surface area contributed by atoms with Gasteiger partial charge in [-0.2, -0.15) is 0 Å². The summed E-state index contributed by atoms with van der Waals surface area (Å²) in [5.41, 5.74) is -1.41. The van der Waals surface area contributed by atoms with Crippen LogP contribution in [0.25, 0.3) is 11.0 Å². The molecular weight excluding hydrogens is 483 g/mol. The van der Waals surface area contributed by atoms with Crippen LogP contribution in [0.5, 0.6) is 0 Å². The molecule has 0 spiro atoms. The van der Waals surface area contributed by atoms with Gasteiger partial charge in [-0.3, -0.25) is 18.4 Å². The maximum absolute atomic E-state index is 14.5. The van der Waals surface area contributed by atoms with E-state index in [1.165, 1.54) is 30.0 Å². The number of benzene rings is 1. The van der Waals surface area contributed by atoms with Crippen molar-refractivity contribution in [2.45, 2.75) is 38.3 Å². The third-order valence-electron chi connectivity index (χ3n) is 6.24. The number of hydrogen-bond donors (Lipinski definition) is 2. The molecule has 1 fully saturated rings. The van der Waals surface area contributed by atoms with Gasteiger partial charge in [0.25, 0.3) is 12.0 Å². The Morgan fingerprint density at radius 2 is 1.97 bits per heavy atom. The predicted octanol–water partition coefficient (Wildman–Crippen LogP) is 2.89. The Balaban J connectivity index is 1.79. The summed E-state index contributed by atoms with van der Waals surface area (Å²) in [7, 11) is 0.504. The molecule has 1 saturated heterocycles. The van der Waals surface area contributed by atoms with Crippen molar-refractivity contribution in [1.82, 2.24) is 19.9 Å². The Morgan fingerprint density at radius 3 is 2.63 bits per heavy atom. The summed E-state index contributed by atoms with van der Waals surface area (Å²) < 4.78 is 54.0. The molecule has 3 heterocycles. The van der Waals surface area contributed by atoms with Gasteiger partial charge < -0.3 is 10.6 Å². The zero-order valence-electron chi connectivity index (χ0n) is 19.1. The van der Waals surface area contributed by atoms with Gasteiger partial charge in [0, 0.05) is 53.9 Å². The van der Waals surface area contributed by atoms with E-state index in [0.29, 0.717) is 40.9 Å². The van der Waals surface area contributed by atoms with Crippen LogP contribution in [0, 0.1) is 5.82 Å². The summed E-state index contributed by atoms with van der Waals surface area (Å²) >= 11 is 0. The molecule has 1 aliphatic rings. The van der Waals surface area contributed by atoms with Crippen molar-refractivity contribution in [3.8, 4) is 0 Å². The average molecular weight is 508 g/mol. The predicted molar refractivity (Wildman–Crippen MR) is 126 cm³/mol. The van der Waals surface area contributed by atoms with E-state index in [4.69, 9.17) is 0 Å². The van der Waals surface area contributed by atoms with E-state index in [0.717, 1.165) is 6.07 Å². The maximum Gasteiger partial charge on any atom is 0.266 e. The molecule has 8 nitrogen and oxygen atoms in total. The van der Waals surface area contributed by atoms with E-state index >= 15 is 0 Å². The van der Waals surface area contributed by atoms with Crippen molar-refractivity contribution in [2.75, 3.05) is 16.8 Å². The Kier molecular flexibility index (Phi) is 6.93. The molecule has 0 unspecified atom stereocenters. The number of hydrogen-bond acceptors (Lipinski definition) is 6. The van der Waals surface area contributed by atoms with Crippen LogP contribution in [0.2, 0.25) is 0 Å². The highest BCUT2D eigenvalue weighted by Crippen LogP contribution is 2.33. The number of rotatable bonds is 6. The molecule has 0 radical (unpaired) electrons. The molecule has 2 N–H and O–H groups in total. The molecule has 12 heteroatoms. The van der Waals surface area contributed by atoms with Crippen LogP contribution in [-0.2, 0) is 34.7 Å². The quantitative estimate of drug-likeness (QED) is 0.532. The zero-order valence-corrected chi connectivity index (χ0v) is 19.9. The number of alkyl halides is 2. The lowest BCUT2D eigenvalue weighted by Crippen LogP contribution is -2.52. The highest BCUT2D eigenvalue weighted by molar-refractivity contribution is 7.85.